The summed E-state index contributed by atoms with van der Waals surface area (Å²) in [5, 5.41) is 0. The van der Waals surface area contributed by atoms with E-state index in [9.17, 15) is 21.6 Å². The van der Waals surface area contributed by atoms with Gasteiger partial charge in [0.25, 0.3) is 0 Å². The highest BCUT2D eigenvalue weighted by molar-refractivity contribution is 7.89. The van der Waals surface area contributed by atoms with Crippen LogP contribution in [-0.2, 0) is 29.7 Å². The molecule has 3 rings (SSSR count). The van der Waals surface area contributed by atoms with E-state index in [4.69, 9.17) is 0 Å². The molecule has 148 valence electrons. The maximum absolute atomic E-state index is 13.0. The van der Waals surface area contributed by atoms with E-state index in [0.717, 1.165) is 18.3 Å². The van der Waals surface area contributed by atoms with Crippen LogP contribution in [0.4, 0.5) is 13.2 Å². The topological polar surface area (TPSA) is 76.9 Å². The number of hydrogen-bond acceptors (Lipinski definition) is 4. The smallest absolute Gasteiger partial charge is 0.340 e. The summed E-state index contributed by atoms with van der Waals surface area (Å²) in [4.78, 5) is 8.30. The summed E-state index contributed by atoms with van der Waals surface area (Å²) >= 11 is 0. The van der Waals surface area contributed by atoms with E-state index in [1.54, 1.807) is 30.2 Å². The van der Waals surface area contributed by atoms with Crippen molar-refractivity contribution in [2.75, 3.05) is 7.05 Å². The van der Waals surface area contributed by atoms with Crippen molar-refractivity contribution in [2.45, 2.75) is 17.5 Å². The number of alkyl halides is 3. The molecule has 1 aromatic carbocycles. The molecule has 2 aromatic heterocycles. The minimum Gasteiger partial charge on any atom is -0.340 e. The van der Waals surface area contributed by atoms with Crippen molar-refractivity contribution >= 4 is 10.0 Å². The summed E-state index contributed by atoms with van der Waals surface area (Å²) < 4.78 is 67.1. The van der Waals surface area contributed by atoms with Gasteiger partial charge in [-0.25, -0.2) is 18.1 Å². The van der Waals surface area contributed by atoms with Crippen LogP contribution in [0.1, 0.15) is 16.8 Å². The Morgan fingerprint density at radius 3 is 2.50 bits per heavy atom. The Kier molecular flexibility index (Phi) is 5.26. The summed E-state index contributed by atoms with van der Waals surface area (Å²) in [6.07, 6.45) is -0.00454. The monoisotopic (exact) mass is 410 g/mol. The van der Waals surface area contributed by atoms with E-state index in [1.165, 1.54) is 19.2 Å². The molecule has 0 unspecified atom stereocenters. The molecule has 3 aromatic rings. The first-order valence-corrected chi connectivity index (χ1v) is 9.65. The Hall–Kier alpha value is -2.72. The molecule has 0 bridgehead atoms. The van der Waals surface area contributed by atoms with Crippen LogP contribution in [0.25, 0.3) is 11.3 Å². The van der Waals surface area contributed by atoms with Crippen molar-refractivity contribution in [3.05, 3.63) is 65.9 Å². The van der Waals surface area contributed by atoms with Crippen LogP contribution in [0.3, 0.4) is 0 Å². The average Bonchev–Trinajstić information content (AvgIpc) is 3.07. The molecule has 6 nitrogen and oxygen atoms in total. The molecule has 0 aliphatic rings. The molecule has 0 atom stereocenters. The van der Waals surface area contributed by atoms with Gasteiger partial charge in [-0.3, -0.25) is 4.98 Å². The van der Waals surface area contributed by atoms with Gasteiger partial charge in [0.15, 0.2) is 0 Å². The predicted molar refractivity (Wildman–Crippen MR) is 96.9 cm³/mol. The number of nitrogens with zero attached hydrogens (tertiary/aromatic N) is 3. The Balaban J connectivity index is 2.08. The lowest BCUT2D eigenvalue weighted by Crippen LogP contribution is -2.18. The van der Waals surface area contributed by atoms with Crippen LogP contribution in [0.2, 0.25) is 0 Å². The van der Waals surface area contributed by atoms with E-state index < -0.39 is 21.8 Å². The lowest BCUT2D eigenvalue weighted by atomic mass is 10.00. The number of aromatic nitrogens is 3. The van der Waals surface area contributed by atoms with Crippen molar-refractivity contribution in [3.63, 3.8) is 0 Å². The molecular formula is C18H17F3N4O2S. The molecule has 0 aliphatic heterocycles. The molecular weight excluding hydrogens is 393 g/mol. The number of nitrogens with one attached hydrogen (secondary N) is 1. The number of sulfonamides is 1. The highest BCUT2D eigenvalue weighted by atomic mass is 32.2. The van der Waals surface area contributed by atoms with Crippen LogP contribution < -0.4 is 4.72 Å². The van der Waals surface area contributed by atoms with Crippen LogP contribution >= 0.6 is 0 Å². The summed E-state index contributed by atoms with van der Waals surface area (Å²) in [5.41, 5.74) is 1.07. The van der Waals surface area contributed by atoms with Gasteiger partial charge in [0.2, 0.25) is 10.0 Å². The number of rotatable bonds is 5. The van der Waals surface area contributed by atoms with E-state index in [-0.39, 0.29) is 17.0 Å². The second kappa shape index (κ2) is 7.36. The minimum absolute atomic E-state index is 0.0383. The Morgan fingerprint density at radius 2 is 1.89 bits per heavy atom. The Bertz CT molecular complexity index is 1110. The molecule has 0 spiro atoms. The van der Waals surface area contributed by atoms with Gasteiger partial charge in [-0.2, -0.15) is 13.2 Å². The number of hydrogen-bond donors (Lipinski definition) is 1. The predicted octanol–water partition coefficient (Wildman–Crippen LogP) is 3.00. The fourth-order valence-corrected chi connectivity index (χ4v) is 3.49. The van der Waals surface area contributed by atoms with E-state index in [0.29, 0.717) is 16.8 Å². The van der Waals surface area contributed by atoms with Crippen LogP contribution in [-0.4, -0.2) is 30.0 Å². The van der Waals surface area contributed by atoms with Crippen LogP contribution in [0.5, 0.6) is 0 Å². The first kappa shape index (κ1) is 20.0. The van der Waals surface area contributed by atoms with Crippen LogP contribution in [0.15, 0.2) is 53.9 Å². The zero-order chi connectivity index (χ0) is 20.5. The quantitative estimate of drug-likeness (QED) is 0.702. The summed E-state index contributed by atoms with van der Waals surface area (Å²) in [6.45, 7) is 0. The third-order valence-electron chi connectivity index (χ3n) is 4.16. The van der Waals surface area contributed by atoms with Crippen LogP contribution in [0, 0.1) is 0 Å². The second-order valence-electron chi connectivity index (χ2n) is 6.16. The molecule has 0 saturated heterocycles. The van der Waals surface area contributed by atoms with Gasteiger partial charge in [0, 0.05) is 37.1 Å². The van der Waals surface area contributed by atoms with Crippen molar-refractivity contribution in [2.24, 2.45) is 7.05 Å². The fraction of sp³-hybridized carbons (Fsp3) is 0.222. The molecule has 0 aliphatic carbocycles. The molecule has 0 radical (unpaired) electrons. The molecule has 10 heteroatoms. The Morgan fingerprint density at radius 1 is 1.14 bits per heavy atom. The van der Waals surface area contributed by atoms with Gasteiger partial charge in [-0.05, 0) is 36.9 Å². The zero-order valence-corrected chi connectivity index (χ0v) is 15.8. The van der Waals surface area contributed by atoms with Gasteiger partial charge in [-0.1, -0.05) is 6.07 Å². The Labute approximate surface area is 160 Å². The van der Waals surface area contributed by atoms with E-state index in [1.807, 2.05) is 0 Å². The first-order chi connectivity index (χ1) is 13.1. The van der Waals surface area contributed by atoms with Crippen molar-refractivity contribution < 1.29 is 21.6 Å². The molecule has 0 fully saturated rings. The maximum Gasteiger partial charge on any atom is 0.416 e. The van der Waals surface area contributed by atoms with Crippen molar-refractivity contribution in [1.29, 1.82) is 0 Å². The molecule has 0 amide bonds. The van der Waals surface area contributed by atoms with E-state index in [2.05, 4.69) is 14.7 Å². The number of aryl methyl sites for hydroxylation is 1. The van der Waals surface area contributed by atoms with Crippen molar-refractivity contribution in [3.8, 4) is 11.3 Å². The second-order valence-corrected chi connectivity index (χ2v) is 8.05. The summed E-state index contributed by atoms with van der Waals surface area (Å²) in [7, 11) is -0.622. The standard InChI is InChI=1S/C18H17F3N4O2S/c1-22-28(26,27)15-4-3-12(16(9-15)17-10-25(2)11-24-17)7-14-8-13(5-6-23-14)18(19,20)21/h3-6,8-11,22H,7H2,1-2H3. The number of halogens is 3. The van der Waals surface area contributed by atoms with Gasteiger partial charge in [0.05, 0.1) is 22.5 Å². The third-order valence-corrected chi connectivity index (χ3v) is 5.57. The number of benzene rings is 1. The molecule has 28 heavy (non-hydrogen) atoms. The fourth-order valence-electron chi connectivity index (χ4n) is 2.73. The van der Waals surface area contributed by atoms with Gasteiger partial charge < -0.3 is 4.57 Å². The minimum atomic E-state index is -4.47. The summed E-state index contributed by atoms with van der Waals surface area (Å²) in [6, 6.07) is 6.32. The third kappa shape index (κ3) is 4.23. The first-order valence-electron chi connectivity index (χ1n) is 8.17. The molecule has 0 saturated carbocycles. The zero-order valence-electron chi connectivity index (χ0n) is 15.0. The molecule has 2 heterocycles. The lowest BCUT2D eigenvalue weighted by molar-refractivity contribution is -0.137. The average molecular weight is 410 g/mol. The largest absolute Gasteiger partial charge is 0.416 e. The number of imidazole rings is 1. The highest BCUT2D eigenvalue weighted by Crippen LogP contribution is 2.31. The summed E-state index contributed by atoms with van der Waals surface area (Å²) in [5.74, 6) is 0. The van der Waals surface area contributed by atoms with Gasteiger partial charge >= 0.3 is 6.18 Å². The number of pyridine rings is 1. The lowest BCUT2D eigenvalue weighted by Gasteiger charge is -2.12. The van der Waals surface area contributed by atoms with Gasteiger partial charge in [-0.15, -0.1) is 0 Å². The molecule has 1 N–H and O–H groups in total. The van der Waals surface area contributed by atoms with Crippen molar-refractivity contribution in [1.82, 2.24) is 19.3 Å². The highest BCUT2D eigenvalue weighted by Gasteiger charge is 2.30. The SMILES string of the molecule is CNS(=O)(=O)c1ccc(Cc2cc(C(F)(F)F)ccn2)c(-c2cn(C)cn2)c1. The van der Waals surface area contributed by atoms with E-state index >= 15 is 0 Å². The maximum atomic E-state index is 13.0. The normalized spacial score (nSPS) is 12.3. The van der Waals surface area contributed by atoms with Gasteiger partial charge in [0.1, 0.15) is 0 Å².